The van der Waals surface area contributed by atoms with Gasteiger partial charge in [0.25, 0.3) is 0 Å². The number of carbonyl (C=O) groups excluding carboxylic acids is 1. The van der Waals surface area contributed by atoms with Crippen LogP contribution in [0.25, 0.3) is 0 Å². The quantitative estimate of drug-likeness (QED) is 0.488. The standard InChI is InChI=1S/C16H23BrO5/c1-5-12-13(16(18)19-4)8-11(9-14(12)17)22-10-15(20-6-2)21-7-3/h8-9,15H,5-7,10H2,1-4H3. The smallest absolute Gasteiger partial charge is 0.338 e. The molecule has 0 aliphatic rings. The fraction of sp³-hybridized carbons (Fsp3) is 0.562. The first kappa shape index (κ1) is 18.9. The van der Waals surface area contributed by atoms with Gasteiger partial charge in [-0.3, -0.25) is 0 Å². The summed E-state index contributed by atoms with van der Waals surface area (Å²) in [5, 5.41) is 0. The van der Waals surface area contributed by atoms with E-state index in [0.717, 1.165) is 10.0 Å². The summed E-state index contributed by atoms with van der Waals surface area (Å²) in [6.45, 7) is 7.11. The van der Waals surface area contributed by atoms with Gasteiger partial charge in [0.05, 0.1) is 12.7 Å². The highest BCUT2D eigenvalue weighted by atomic mass is 79.9. The van der Waals surface area contributed by atoms with Crippen molar-refractivity contribution in [3.63, 3.8) is 0 Å². The molecule has 0 radical (unpaired) electrons. The molecule has 0 fully saturated rings. The van der Waals surface area contributed by atoms with Gasteiger partial charge in [-0.15, -0.1) is 0 Å². The van der Waals surface area contributed by atoms with Crippen molar-refractivity contribution in [2.45, 2.75) is 33.5 Å². The zero-order chi connectivity index (χ0) is 16.5. The van der Waals surface area contributed by atoms with E-state index in [2.05, 4.69) is 15.9 Å². The van der Waals surface area contributed by atoms with Crippen molar-refractivity contribution in [1.82, 2.24) is 0 Å². The first-order valence-electron chi connectivity index (χ1n) is 7.33. The summed E-state index contributed by atoms with van der Waals surface area (Å²) < 4.78 is 22.2. The van der Waals surface area contributed by atoms with E-state index in [1.54, 1.807) is 6.07 Å². The van der Waals surface area contributed by atoms with E-state index in [-0.39, 0.29) is 12.6 Å². The summed E-state index contributed by atoms with van der Waals surface area (Å²) in [5.41, 5.74) is 1.39. The Morgan fingerprint density at radius 3 is 2.32 bits per heavy atom. The fourth-order valence-electron chi connectivity index (χ4n) is 2.03. The Bertz CT molecular complexity index is 484. The van der Waals surface area contributed by atoms with Gasteiger partial charge >= 0.3 is 5.97 Å². The van der Waals surface area contributed by atoms with Gasteiger partial charge in [0, 0.05) is 17.7 Å². The van der Waals surface area contributed by atoms with Gasteiger partial charge in [0.1, 0.15) is 12.4 Å². The molecule has 6 heteroatoms. The van der Waals surface area contributed by atoms with Gasteiger partial charge in [-0.2, -0.15) is 0 Å². The minimum absolute atomic E-state index is 0.250. The molecule has 1 aromatic rings. The third kappa shape index (κ3) is 5.26. The van der Waals surface area contributed by atoms with Crippen LogP contribution in [-0.2, 0) is 20.6 Å². The number of esters is 1. The molecule has 22 heavy (non-hydrogen) atoms. The molecule has 5 nitrogen and oxygen atoms in total. The average molecular weight is 375 g/mol. The molecule has 0 aromatic heterocycles. The Kier molecular flexibility index (Phi) is 8.45. The van der Waals surface area contributed by atoms with Gasteiger partial charge in [-0.1, -0.05) is 22.9 Å². The van der Waals surface area contributed by atoms with Crippen LogP contribution in [0.3, 0.4) is 0 Å². The summed E-state index contributed by atoms with van der Waals surface area (Å²) in [4.78, 5) is 11.9. The van der Waals surface area contributed by atoms with Crippen molar-refractivity contribution in [3.8, 4) is 5.75 Å². The number of ether oxygens (including phenoxy) is 4. The summed E-state index contributed by atoms with van der Waals surface area (Å²) in [6, 6.07) is 3.52. The molecule has 0 spiro atoms. The molecule has 124 valence electrons. The van der Waals surface area contributed by atoms with Crippen LogP contribution in [0.2, 0.25) is 0 Å². The van der Waals surface area contributed by atoms with E-state index in [0.29, 0.717) is 30.9 Å². The number of benzene rings is 1. The minimum atomic E-state index is -0.429. The lowest BCUT2D eigenvalue weighted by atomic mass is 10.0. The van der Waals surface area contributed by atoms with Crippen LogP contribution < -0.4 is 4.74 Å². The van der Waals surface area contributed by atoms with Gasteiger partial charge in [0.15, 0.2) is 6.29 Å². The summed E-state index contributed by atoms with van der Waals surface area (Å²) in [7, 11) is 1.36. The number of methoxy groups -OCH3 is 1. The van der Waals surface area contributed by atoms with Gasteiger partial charge in [-0.25, -0.2) is 4.79 Å². The maximum atomic E-state index is 11.9. The summed E-state index contributed by atoms with van der Waals surface area (Å²) in [6.07, 6.45) is 0.285. The molecule has 0 aliphatic heterocycles. The van der Waals surface area contributed by atoms with Crippen molar-refractivity contribution in [2.75, 3.05) is 26.9 Å². The largest absolute Gasteiger partial charge is 0.488 e. The first-order chi connectivity index (χ1) is 10.6. The number of rotatable bonds is 9. The van der Waals surface area contributed by atoms with Crippen LogP contribution in [0.4, 0.5) is 0 Å². The van der Waals surface area contributed by atoms with Gasteiger partial charge in [-0.05, 0) is 38.0 Å². The maximum Gasteiger partial charge on any atom is 0.338 e. The monoisotopic (exact) mass is 374 g/mol. The SMILES string of the molecule is CCOC(COc1cc(Br)c(CC)c(C(=O)OC)c1)OCC. The normalized spacial score (nSPS) is 10.8. The van der Waals surface area contributed by atoms with Crippen molar-refractivity contribution < 1.29 is 23.7 Å². The van der Waals surface area contributed by atoms with Crippen molar-refractivity contribution in [3.05, 3.63) is 27.7 Å². The van der Waals surface area contributed by atoms with E-state index in [1.165, 1.54) is 7.11 Å². The average Bonchev–Trinajstić information content (AvgIpc) is 2.51. The molecule has 0 N–H and O–H groups in total. The lowest BCUT2D eigenvalue weighted by molar-refractivity contribution is -0.152. The van der Waals surface area contributed by atoms with E-state index in [9.17, 15) is 4.79 Å². The lowest BCUT2D eigenvalue weighted by Gasteiger charge is -2.18. The highest BCUT2D eigenvalue weighted by molar-refractivity contribution is 9.10. The number of carbonyl (C=O) groups is 1. The van der Waals surface area contributed by atoms with E-state index in [4.69, 9.17) is 18.9 Å². The lowest BCUT2D eigenvalue weighted by Crippen LogP contribution is -2.25. The summed E-state index contributed by atoms with van der Waals surface area (Å²) in [5.74, 6) is 0.183. The molecule has 0 saturated heterocycles. The van der Waals surface area contributed by atoms with E-state index < -0.39 is 6.29 Å². The predicted octanol–water partition coefficient (Wildman–Crippen LogP) is 3.58. The molecule has 0 aliphatic carbocycles. The molecule has 0 bridgehead atoms. The highest BCUT2D eigenvalue weighted by Crippen LogP contribution is 2.28. The van der Waals surface area contributed by atoms with Crippen LogP contribution in [0.5, 0.6) is 5.75 Å². The van der Waals surface area contributed by atoms with Crippen LogP contribution in [0, 0.1) is 0 Å². The molecular weight excluding hydrogens is 352 g/mol. The second-order valence-electron chi connectivity index (χ2n) is 4.43. The molecule has 1 aromatic carbocycles. The molecule has 0 amide bonds. The maximum absolute atomic E-state index is 11.9. The third-order valence-corrected chi connectivity index (χ3v) is 3.73. The molecule has 0 atom stereocenters. The molecule has 0 unspecified atom stereocenters. The Morgan fingerprint density at radius 2 is 1.82 bits per heavy atom. The predicted molar refractivity (Wildman–Crippen MR) is 87.4 cm³/mol. The first-order valence-corrected chi connectivity index (χ1v) is 8.13. The van der Waals surface area contributed by atoms with Crippen LogP contribution in [0.15, 0.2) is 16.6 Å². The van der Waals surface area contributed by atoms with Crippen molar-refractivity contribution >= 4 is 21.9 Å². The third-order valence-electron chi connectivity index (χ3n) is 3.02. The Morgan fingerprint density at radius 1 is 1.18 bits per heavy atom. The number of hydrogen-bond donors (Lipinski definition) is 0. The molecular formula is C16H23BrO5. The van der Waals surface area contributed by atoms with Crippen molar-refractivity contribution in [1.29, 1.82) is 0 Å². The Balaban J connectivity index is 2.91. The Labute approximate surface area is 140 Å². The summed E-state index contributed by atoms with van der Waals surface area (Å²) >= 11 is 3.47. The number of halogens is 1. The topological polar surface area (TPSA) is 54.0 Å². The van der Waals surface area contributed by atoms with Gasteiger partial charge in [0.2, 0.25) is 0 Å². The fourth-order valence-corrected chi connectivity index (χ4v) is 2.75. The zero-order valence-electron chi connectivity index (χ0n) is 13.5. The minimum Gasteiger partial charge on any atom is -0.488 e. The second-order valence-corrected chi connectivity index (χ2v) is 5.28. The van der Waals surface area contributed by atoms with Crippen LogP contribution >= 0.6 is 15.9 Å². The zero-order valence-corrected chi connectivity index (χ0v) is 15.1. The van der Waals surface area contributed by atoms with E-state index >= 15 is 0 Å². The second kappa shape index (κ2) is 9.82. The molecule has 0 heterocycles. The molecule has 1 rings (SSSR count). The van der Waals surface area contributed by atoms with Crippen LogP contribution in [0.1, 0.15) is 36.7 Å². The van der Waals surface area contributed by atoms with Crippen molar-refractivity contribution in [2.24, 2.45) is 0 Å². The Hall–Kier alpha value is -1.11. The van der Waals surface area contributed by atoms with Crippen LogP contribution in [-0.4, -0.2) is 39.2 Å². The number of hydrogen-bond acceptors (Lipinski definition) is 5. The highest BCUT2D eigenvalue weighted by Gasteiger charge is 2.17. The van der Waals surface area contributed by atoms with Gasteiger partial charge < -0.3 is 18.9 Å². The van der Waals surface area contributed by atoms with E-state index in [1.807, 2.05) is 26.8 Å². The molecule has 0 saturated carbocycles.